The normalized spacial score (nSPS) is 16.2. The molecule has 0 atom stereocenters. The summed E-state index contributed by atoms with van der Waals surface area (Å²) in [7, 11) is 0. The standard InChI is InChI=1S/C23H24F3N5O2S/c24-23(25,26)19-12-18(14-6-7-14)31(29-19)11-3-10-30-21(33)16-4-1-2-5-17(16)28-22(30)34-13-20(32)27-15-8-9-15/h1-2,4-5,12,14-15H,3,6-11,13H2,(H,27,32). The Labute approximate surface area is 197 Å². The number of carbonyl (C=O) groups excluding carboxylic acids is 1. The fraction of sp³-hybridized carbons (Fsp3) is 0.478. The molecule has 0 bridgehead atoms. The molecule has 5 rings (SSSR count). The van der Waals surface area contributed by atoms with E-state index in [1.165, 1.54) is 21.0 Å². The fourth-order valence-corrected chi connectivity index (χ4v) is 4.75. The van der Waals surface area contributed by atoms with Gasteiger partial charge in [-0.1, -0.05) is 23.9 Å². The summed E-state index contributed by atoms with van der Waals surface area (Å²) >= 11 is 1.19. The van der Waals surface area contributed by atoms with Crippen molar-refractivity contribution in [1.29, 1.82) is 0 Å². The maximum absolute atomic E-state index is 13.2. The lowest BCUT2D eigenvalue weighted by Crippen LogP contribution is -2.28. The maximum atomic E-state index is 13.2. The zero-order valence-electron chi connectivity index (χ0n) is 18.3. The third-order valence-corrected chi connectivity index (χ3v) is 6.93. The Balaban J connectivity index is 1.35. The number of amides is 1. The van der Waals surface area contributed by atoms with E-state index in [9.17, 15) is 22.8 Å². The monoisotopic (exact) mass is 491 g/mol. The highest BCUT2D eigenvalue weighted by Crippen LogP contribution is 2.42. The van der Waals surface area contributed by atoms with Crippen LogP contribution < -0.4 is 10.9 Å². The Bertz CT molecular complexity index is 1280. The van der Waals surface area contributed by atoms with Crippen molar-refractivity contribution < 1.29 is 18.0 Å². The molecule has 2 aromatic heterocycles. The Morgan fingerprint density at radius 3 is 2.62 bits per heavy atom. The molecule has 1 N–H and O–H groups in total. The van der Waals surface area contributed by atoms with Crippen molar-refractivity contribution in [3.05, 3.63) is 52.1 Å². The van der Waals surface area contributed by atoms with Crippen molar-refractivity contribution in [2.75, 3.05) is 5.75 Å². The van der Waals surface area contributed by atoms with Gasteiger partial charge in [-0.05, 0) is 50.3 Å². The molecule has 11 heteroatoms. The predicted octanol–water partition coefficient (Wildman–Crippen LogP) is 3.95. The van der Waals surface area contributed by atoms with E-state index in [-0.39, 0.29) is 42.3 Å². The first-order valence-electron chi connectivity index (χ1n) is 11.4. The lowest BCUT2D eigenvalue weighted by Gasteiger charge is -2.14. The van der Waals surface area contributed by atoms with Crippen LogP contribution in [0, 0.1) is 0 Å². The SMILES string of the molecule is O=C(CSc1nc2ccccc2c(=O)n1CCCn1nc(C(F)(F)F)cc1C1CC1)NC1CC1. The average Bonchev–Trinajstić information content (AvgIpc) is 3.73. The van der Waals surface area contributed by atoms with Gasteiger partial charge in [0.25, 0.3) is 5.56 Å². The van der Waals surface area contributed by atoms with Crippen LogP contribution in [0.4, 0.5) is 13.2 Å². The molecule has 34 heavy (non-hydrogen) atoms. The van der Waals surface area contributed by atoms with Gasteiger partial charge in [0.1, 0.15) is 0 Å². The number of fused-ring (bicyclic) bond motifs is 1. The number of rotatable bonds is 9. The zero-order chi connectivity index (χ0) is 23.9. The van der Waals surface area contributed by atoms with Crippen LogP contribution in [0.25, 0.3) is 10.9 Å². The predicted molar refractivity (Wildman–Crippen MR) is 122 cm³/mol. The summed E-state index contributed by atoms with van der Waals surface area (Å²) in [4.78, 5) is 29.9. The molecule has 180 valence electrons. The molecule has 0 unspecified atom stereocenters. The van der Waals surface area contributed by atoms with Gasteiger partial charge in [0.15, 0.2) is 10.9 Å². The van der Waals surface area contributed by atoms with E-state index in [0.29, 0.717) is 28.2 Å². The van der Waals surface area contributed by atoms with E-state index in [0.717, 1.165) is 31.7 Å². The van der Waals surface area contributed by atoms with Crippen molar-refractivity contribution in [2.45, 2.75) is 68.5 Å². The molecule has 2 heterocycles. The van der Waals surface area contributed by atoms with Crippen LogP contribution in [-0.4, -0.2) is 37.0 Å². The van der Waals surface area contributed by atoms with Gasteiger partial charge in [0, 0.05) is 30.7 Å². The zero-order valence-corrected chi connectivity index (χ0v) is 19.2. The molecule has 1 amide bonds. The third-order valence-electron chi connectivity index (χ3n) is 5.95. The molecule has 2 aliphatic rings. The minimum atomic E-state index is -4.49. The van der Waals surface area contributed by atoms with Crippen molar-refractivity contribution in [3.8, 4) is 0 Å². The van der Waals surface area contributed by atoms with E-state index in [2.05, 4.69) is 15.4 Å². The number of hydrogen-bond acceptors (Lipinski definition) is 5. The topological polar surface area (TPSA) is 81.8 Å². The van der Waals surface area contributed by atoms with E-state index >= 15 is 0 Å². The van der Waals surface area contributed by atoms with Crippen LogP contribution in [-0.2, 0) is 24.1 Å². The van der Waals surface area contributed by atoms with Gasteiger partial charge in [-0.3, -0.25) is 18.8 Å². The van der Waals surface area contributed by atoms with Crippen molar-refractivity contribution >= 4 is 28.6 Å². The molecule has 0 aliphatic heterocycles. The summed E-state index contributed by atoms with van der Waals surface area (Å²) in [5, 5.41) is 7.60. The number of benzene rings is 1. The van der Waals surface area contributed by atoms with Crippen LogP contribution >= 0.6 is 11.8 Å². The number of halogens is 3. The molecule has 3 aromatic rings. The van der Waals surface area contributed by atoms with Gasteiger partial charge < -0.3 is 5.32 Å². The van der Waals surface area contributed by atoms with Crippen molar-refractivity contribution in [3.63, 3.8) is 0 Å². The molecule has 2 fully saturated rings. The first-order chi connectivity index (χ1) is 16.3. The lowest BCUT2D eigenvalue weighted by atomic mass is 10.2. The van der Waals surface area contributed by atoms with Gasteiger partial charge in [0.05, 0.1) is 16.7 Å². The van der Waals surface area contributed by atoms with Gasteiger partial charge in [-0.2, -0.15) is 18.3 Å². The average molecular weight is 492 g/mol. The molecule has 0 spiro atoms. The van der Waals surface area contributed by atoms with Crippen LogP contribution in [0.15, 0.2) is 40.3 Å². The Morgan fingerprint density at radius 1 is 1.15 bits per heavy atom. The summed E-state index contributed by atoms with van der Waals surface area (Å²) in [6, 6.07) is 8.39. The molecule has 2 aliphatic carbocycles. The van der Waals surface area contributed by atoms with Crippen LogP contribution in [0.3, 0.4) is 0 Å². The highest BCUT2D eigenvalue weighted by Gasteiger charge is 2.37. The summed E-state index contributed by atoms with van der Waals surface area (Å²) < 4.78 is 42.5. The number of nitrogens with zero attached hydrogens (tertiary/aromatic N) is 4. The maximum Gasteiger partial charge on any atom is 0.435 e. The smallest absolute Gasteiger partial charge is 0.353 e. The van der Waals surface area contributed by atoms with Crippen LogP contribution in [0.5, 0.6) is 0 Å². The molecule has 0 radical (unpaired) electrons. The molecule has 7 nitrogen and oxygen atoms in total. The van der Waals surface area contributed by atoms with E-state index in [4.69, 9.17) is 0 Å². The number of hydrogen-bond donors (Lipinski definition) is 1. The van der Waals surface area contributed by atoms with Gasteiger partial charge in [0.2, 0.25) is 5.91 Å². The Hall–Kier alpha value is -2.82. The summed E-state index contributed by atoms with van der Waals surface area (Å²) in [5.41, 5.74) is 0.0424. The largest absolute Gasteiger partial charge is 0.435 e. The molecule has 0 saturated heterocycles. The first-order valence-corrected chi connectivity index (χ1v) is 12.3. The molecule has 2 saturated carbocycles. The number of aromatic nitrogens is 4. The molecular weight excluding hydrogens is 467 g/mol. The Morgan fingerprint density at radius 2 is 1.91 bits per heavy atom. The van der Waals surface area contributed by atoms with Crippen LogP contribution in [0.1, 0.15) is 49.4 Å². The Kier molecular flexibility index (Phi) is 6.13. The molecule has 1 aromatic carbocycles. The number of nitrogens with one attached hydrogen (secondary N) is 1. The second-order valence-corrected chi connectivity index (χ2v) is 9.74. The summed E-state index contributed by atoms with van der Waals surface area (Å²) in [6.07, 6.45) is -0.385. The van der Waals surface area contributed by atoms with Crippen molar-refractivity contribution in [1.82, 2.24) is 24.6 Å². The molecular formula is C23H24F3N5O2S. The summed E-state index contributed by atoms with van der Waals surface area (Å²) in [5.74, 6) is 0.151. The fourth-order valence-electron chi connectivity index (χ4n) is 3.92. The first kappa shape index (κ1) is 22.9. The highest BCUT2D eigenvalue weighted by molar-refractivity contribution is 7.99. The minimum absolute atomic E-state index is 0.105. The minimum Gasteiger partial charge on any atom is -0.353 e. The third kappa shape index (κ3) is 5.13. The van der Waals surface area contributed by atoms with Gasteiger partial charge >= 0.3 is 6.18 Å². The van der Waals surface area contributed by atoms with Crippen molar-refractivity contribution in [2.24, 2.45) is 0 Å². The van der Waals surface area contributed by atoms with E-state index < -0.39 is 11.9 Å². The lowest BCUT2D eigenvalue weighted by molar-refractivity contribution is -0.141. The van der Waals surface area contributed by atoms with Gasteiger partial charge in [-0.25, -0.2) is 4.98 Å². The summed E-state index contributed by atoms with van der Waals surface area (Å²) in [6.45, 7) is 0.516. The quantitative estimate of drug-likeness (QED) is 0.362. The van der Waals surface area contributed by atoms with Gasteiger partial charge in [-0.15, -0.1) is 0 Å². The number of thioether (sulfide) groups is 1. The van der Waals surface area contributed by atoms with E-state index in [1.54, 1.807) is 24.3 Å². The number of alkyl halides is 3. The highest BCUT2D eigenvalue weighted by atomic mass is 32.2. The second-order valence-electron chi connectivity index (χ2n) is 8.80. The second kappa shape index (κ2) is 9.09. The number of carbonyl (C=O) groups is 1. The number of para-hydroxylation sites is 1. The number of aryl methyl sites for hydroxylation is 1. The van der Waals surface area contributed by atoms with Crippen LogP contribution in [0.2, 0.25) is 0 Å². The van der Waals surface area contributed by atoms with E-state index in [1.807, 2.05) is 0 Å².